The van der Waals surface area contributed by atoms with Crippen molar-refractivity contribution in [2.75, 3.05) is 32.6 Å². The van der Waals surface area contributed by atoms with Gasteiger partial charge in [0.1, 0.15) is 6.61 Å². The predicted octanol–water partition coefficient (Wildman–Crippen LogP) is 0.430. The summed E-state index contributed by atoms with van der Waals surface area (Å²) in [5.74, 6) is 0.0309. The molecule has 0 aliphatic rings. The van der Waals surface area contributed by atoms with Gasteiger partial charge in [0, 0.05) is 26.4 Å². The SMILES string of the molecule is CC(=O)OCCN(C)C(=O)NCCCl. The number of carbonyl (C=O) groups excluding carboxylic acids is 2. The summed E-state index contributed by atoms with van der Waals surface area (Å²) >= 11 is 5.39. The van der Waals surface area contributed by atoms with Gasteiger partial charge in [-0.15, -0.1) is 11.6 Å². The first-order valence-corrected chi connectivity index (χ1v) is 4.79. The molecule has 14 heavy (non-hydrogen) atoms. The van der Waals surface area contributed by atoms with Crippen LogP contribution in [0.1, 0.15) is 6.92 Å². The summed E-state index contributed by atoms with van der Waals surface area (Å²) in [6, 6.07) is -0.224. The highest BCUT2D eigenvalue weighted by Gasteiger charge is 2.06. The molecule has 0 unspecified atom stereocenters. The van der Waals surface area contributed by atoms with Gasteiger partial charge in [0.15, 0.2) is 0 Å². The minimum absolute atomic E-state index is 0.208. The molecule has 0 saturated carbocycles. The highest BCUT2D eigenvalue weighted by atomic mass is 35.5. The number of nitrogens with one attached hydrogen (secondary N) is 1. The number of urea groups is 1. The van der Waals surface area contributed by atoms with Gasteiger partial charge in [-0.2, -0.15) is 0 Å². The Hall–Kier alpha value is -0.970. The molecule has 1 N–H and O–H groups in total. The second-order valence-corrected chi connectivity index (χ2v) is 3.06. The van der Waals surface area contributed by atoms with Crippen molar-refractivity contribution in [2.24, 2.45) is 0 Å². The van der Waals surface area contributed by atoms with Crippen molar-refractivity contribution in [1.29, 1.82) is 0 Å². The summed E-state index contributed by atoms with van der Waals surface area (Å²) in [6.07, 6.45) is 0. The maximum absolute atomic E-state index is 11.2. The van der Waals surface area contributed by atoms with Gasteiger partial charge < -0.3 is 15.0 Å². The number of ether oxygens (including phenoxy) is 1. The molecule has 0 bridgehead atoms. The molecule has 0 aliphatic heterocycles. The summed E-state index contributed by atoms with van der Waals surface area (Å²) < 4.78 is 4.68. The maximum Gasteiger partial charge on any atom is 0.317 e. The number of hydrogen-bond acceptors (Lipinski definition) is 3. The number of esters is 1. The lowest BCUT2D eigenvalue weighted by Gasteiger charge is -2.16. The van der Waals surface area contributed by atoms with Crippen molar-refractivity contribution < 1.29 is 14.3 Å². The molecular weight excluding hydrogens is 208 g/mol. The van der Waals surface area contributed by atoms with Crippen molar-refractivity contribution >= 4 is 23.6 Å². The van der Waals surface area contributed by atoms with Crippen molar-refractivity contribution in [3.05, 3.63) is 0 Å². The number of alkyl halides is 1. The topological polar surface area (TPSA) is 58.6 Å². The Morgan fingerprint density at radius 3 is 2.64 bits per heavy atom. The highest BCUT2D eigenvalue weighted by Crippen LogP contribution is 1.86. The zero-order valence-electron chi connectivity index (χ0n) is 8.38. The molecule has 0 aromatic rings. The van der Waals surface area contributed by atoms with E-state index in [1.54, 1.807) is 7.05 Å². The summed E-state index contributed by atoms with van der Waals surface area (Å²) in [7, 11) is 1.62. The Balaban J connectivity index is 3.56. The molecule has 0 aliphatic carbocycles. The van der Waals surface area contributed by atoms with E-state index in [-0.39, 0.29) is 18.6 Å². The summed E-state index contributed by atoms with van der Waals surface area (Å²) in [6.45, 7) is 2.33. The van der Waals surface area contributed by atoms with E-state index in [1.165, 1.54) is 11.8 Å². The van der Waals surface area contributed by atoms with E-state index >= 15 is 0 Å². The van der Waals surface area contributed by atoms with Crippen LogP contribution in [0.3, 0.4) is 0 Å². The van der Waals surface area contributed by atoms with E-state index in [0.29, 0.717) is 19.0 Å². The van der Waals surface area contributed by atoms with Crippen LogP contribution in [-0.2, 0) is 9.53 Å². The molecule has 0 heterocycles. The smallest absolute Gasteiger partial charge is 0.317 e. The number of hydrogen-bond donors (Lipinski definition) is 1. The van der Waals surface area contributed by atoms with E-state index in [9.17, 15) is 9.59 Å². The summed E-state index contributed by atoms with van der Waals surface area (Å²) in [5.41, 5.74) is 0. The van der Waals surface area contributed by atoms with Crippen LogP contribution >= 0.6 is 11.6 Å². The van der Waals surface area contributed by atoms with Gasteiger partial charge in [0.05, 0.1) is 6.54 Å². The monoisotopic (exact) mass is 222 g/mol. The molecule has 0 saturated heterocycles. The van der Waals surface area contributed by atoms with Crippen LogP contribution in [0.5, 0.6) is 0 Å². The van der Waals surface area contributed by atoms with Crippen LogP contribution in [0.4, 0.5) is 4.79 Å². The first-order valence-electron chi connectivity index (χ1n) is 4.26. The van der Waals surface area contributed by atoms with Crippen LogP contribution in [0.15, 0.2) is 0 Å². The van der Waals surface area contributed by atoms with E-state index in [0.717, 1.165) is 0 Å². The zero-order chi connectivity index (χ0) is 11.0. The van der Waals surface area contributed by atoms with Crippen molar-refractivity contribution in [3.8, 4) is 0 Å². The normalized spacial score (nSPS) is 9.36. The Labute approximate surface area is 88.3 Å². The number of carbonyl (C=O) groups is 2. The van der Waals surface area contributed by atoms with Gasteiger partial charge >= 0.3 is 12.0 Å². The lowest BCUT2D eigenvalue weighted by molar-refractivity contribution is -0.141. The number of nitrogens with zero attached hydrogens (tertiary/aromatic N) is 1. The van der Waals surface area contributed by atoms with Gasteiger partial charge in [-0.3, -0.25) is 4.79 Å². The van der Waals surface area contributed by atoms with Gasteiger partial charge in [0.2, 0.25) is 0 Å². The fraction of sp³-hybridized carbons (Fsp3) is 0.750. The Morgan fingerprint density at radius 2 is 2.14 bits per heavy atom. The average molecular weight is 223 g/mol. The van der Waals surface area contributed by atoms with Gasteiger partial charge in [-0.05, 0) is 0 Å². The molecule has 0 aromatic heterocycles. The lowest BCUT2D eigenvalue weighted by atomic mass is 10.6. The minimum Gasteiger partial charge on any atom is -0.464 e. The van der Waals surface area contributed by atoms with E-state index in [1.807, 2.05) is 0 Å². The second kappa shape index (κ2) is 7.44. The molecule has 2 amide bonds. The third-order valence-corrected chi connectivity index (χ3v) is 1.64. The number of halogens is 1. The Kier molecular flexibility index (Phi) is 6.92. The molecule has 0 atom stereocenters. The van der Waals surface area contributed by atoms with Crippen LogP contribution in [-0.4, -0.2) is 49.5 Å². The van der Waals surface area contributed by atoms with E-state index in [4.69, 9.17) is 11.6 Å². The summed E-state index contributed by atoms with van der Waals surface area (Å²) in [4.78, 5) is 23.0. The minimum atomic E-state index is -0.348. The molecule has 82 valence electrons. The van der Waals surface area contributed by atoms with Gasteiger partial charge in [-0.25, -0.2) is 4.79 Å². The predicted molar refractivity (Wildman–Crippen MR) is 53.4 cm³/mol. The number of likely N-dealkylation sites (N-methyl/N-ethyl adjacent to an activating group) is 1. The fourth-order valence-corrected chi connectivity index (χ4v) is 0.811. The molecule has 0 radical (unpaired) electrons. The highest BCUT2D eigenvalue weighted by molar-refractivity contribution is 6.18. The average Bonchev–Trinajstić information content (AvgIpc) is 2.13. The molecule has 0 rings (SSSR count). The molecule has 5 nitrogen and oxygen atoms in total. The van der Waals surface area contributed by atoms with E-state index in [2.05, 4.69) is 10.1 Å². The standard InChI is InChI=1S/C8H15ClN2O3/c1-7(12)14-6-5-11(2)8(13)10-4-3-9/h3-6H2,1-2H3,(H,10,13). The first kappa shape index (κ1) is 13.0. The largest absolute Gasteiger partial charge is 0.464 e. The van der Waals surface area contributed by atoms with E-state index < -0.39 is 0 Å². The summed E-state index contributed by atoms with van der Waals surface area (Å²) in [5, 5.41) is 2.58. The first-order chi connectivity index (χ1) is 6.57. The van der Waals surface area contributed by atoms with Gasteiger partial charge in [-0.1, -0.05) is 0 Å². The van der Waals surface area contributed by atoms with Crippen LogP contribution in [0.25, 0.3) is 0 Å². The number of rotatable bonds is 5. The molecular formula is C8H15ClN2O3. The van der Waals surface area contributed by atoms with Crippen LogP contribution in [0, 0.1) is 0 Å². The maximum atomic E-state index is 11.2. The third kappa shape index (κ3) is 6.54. The van der Waals surface area contributed by atoms with Crippen LogP contribution in [0.2, 0.25) is 0 Å². The Bertz CT molecular complexity index is 199. The second-order valence-electron chi connectivity index (χ2n) is 2.68. The third-order valence-electron chi connectivity index (χ3n) is 1.45. The quantitative estimate of drug-likeness (QED) is 0.542. The molecule has 0 spiro atoms. The molecule has 0 aromatic carbocycles. The van der Waals surface area contributed by atoms with Crippen molar-refractivity contribution in [2.45, 2.75) is 6.92 Å². The Morgan fingerprint density at radius 1 is 1.50 bits per heavy atom. The van der Waals surface area contributed by atoms with Gasteiger partial charge in [0.25, 0.3) is 0 Å². The molecule has 6 heteroatoms. The lowest BCUT2D eigenvalue weighted by Crippen LogP contribution is -2.39. The molecule has 0 fully saturated rings. The van der Waals surface area contributed by atoms with Crippen molar-refractivity contribution in [1.82, 2.24) is 10.2 Å². The zero-order valence-corrected chi connectivity index (χ0v) is 9.13. The van der Waals surface area contributed by atoms with Crippen molar-refractivity contribution in [3.63, 3.8) is 0 Å². The fourth-order valence-electron chi connectivity index (χ4n) is 0.717. The number of amides is 2. The van der Waals surface area contributed by atoms with Crippen LogP contribution < -0.4 is 5.32 Å².